The number of methoxy groups -OCH3 is 1. The van der Waals surface area contributed by atoms with Crippen molar-refractivity contribution in [3.8, 4) is 0 Å². The molecule has 5 nitrogen and oxygen atoms in total. The fourth-order valence-corrected chi connectivity index (χ4v) is 2.08. The third kappa shape index (κ3) is 4.73. The average Bonchev–Trinajstić information content (AvgIpc) is 2.27. The van der Waals surface area contributed by atoms with Crippen LogP contribution in [0.15, 0.2) is 0 Å². The molecule has 17 heavy (non-hydrogen) atoms. The van der Waals surface area contributed by atoms with Gasteiger partial charge in [-0.25, -0.2) is 0 Å². The van der Waals surface area contributed by atoms with Crippen LogP contribution < -0.4 is 0 Å². The molecule has 1 fully saturated rings. The van der Waals surface area contributed by atoms with Crippen LogP contribution in [-0.4, -0.2) is 48.2 Å². The maximum absolute atomic E-state index is 11.3. The Balaban J connectivity index is 2.02. The number of carbonyl (C=O) groups excluding carboxylic acids is 1. The molecule has 5 heteroatoms. The maximum atomic E-state index is 11.3. The third-order valence-corrected chi connectivity index (χ3v) is 3.07. The zero-order valence-corrected chi connectivity index (χ0v) is 10.4. The van der Waals surface area contributed by atoms with Crippen LogP contribution in [0, 0.1) is 0 Å². The van der Waals surface area contributed by atoms with E-state index in [0.29, 0.717) is 13.0 Å². The third-order valence-electron chi connectivity index (χ3n) is 3.07. The molecule has 0 aliphatic carbocycles. The molecular formula is C12H21NO4. The first-order chi connectivity index (χ1) is 8.15. The highest BCUT2D eigenvalue weighted by molar-refractivity contribution is 5.83. The van der Waals surface area contributed by atoms with Crippen LogP contribution >= 0.6 is 0 Å². The summed E-state index contributed by atoms with van der Waals surface area (Å²) in [6.07, 6.45) is 4.43. The van der Waals surface area contributed by atoms with Gasteiger partial charge >= 0.3 is 5.97 Å². The van der Waals surface area contributed by atoms with E-state index in [1.165, 1.54) is 0 Å². The normalized spacial score (nSPS) is 19.2. The van der Waals surface area contributed by atoms with Crippen molar-refractivity contribution >= 4 is 11.9 Å². The molecule has 0 aromatic carbocycles. The van der Waals surface area contributed by atoms with E-state index in [1.807, 2.05) is 4.90 Å². The number of nitrogens with zero attached hydrogens (tertiary/aromatic N) is 1. The zero-order valence-electron chi connectivity index (χ0n) is 10.4. The van der Waals surface area contributed by atoms with Gasteiger partial charge < -0.3 is 14.7 Å². The van der Waals surface area contributed by atoms with Crippen LogP contribution in [0.2, 0.25) is 0 Å². The second kappa shape index (κ2) is 7.27. The van der Waals surface area contributed by atoms with E-state index in [1.54, 1.807) is 7.11 Å². The van der Waals surface area contributed by atoms with Gasteiger partial charge in [-0.1, -0.05) is 12.8 Å². The minimum atomic E-state index is -0.733. The highest BCUT2D eigenvalue weighted by atomic mass is 16.5. The highest BCUT2D eigenvalue weighted by Crippen LogP contribution is 2.20. The molecule has 1 aliphatic rings. The second-order valence-corrected chi connectivity index (χ2v) is 4.46. The molecule has 1 saturated heterocycles. The van der Waals surface area contributed by atoms with Gasteiger partial charge in [-0.05, 0) is 12.8 Å². The fraction of sp³-hybridized carbons (Fsp3) is 0.833. The first-order valence-corrected chi connectivity index (χ1v) is 6.15. The summed E-state index contributed by atoms with van der Waals surface area (Å²) in [7, 11) is 1.65. The van der Waals surface area contributed by atoms with Gasteiger partial charge in [0.25, 0.3) is 0 Å². The van der Waals surface area contributed by atoms with Crippen molar-refractivity contribution in [1.29, 1.82) is 0 Å². The summed E-state index contributed by atoms with van der Waals surface area (Å²) in [5.74, 6) is -0.527. The van der Waals surface area contributed by atoms with Crippen molar-refractivity contribution in [2.45, 2.75) is 44.6 Å². The Labute approximate surface area is 102 Å². The number of carboxylic acid groups (broad SMARTS) is 1. The Kier molecular flexibility index (Phi) is 5.97. The number of likely N-dealkylation sites (tertiary alicyclic amines) is 1. The summed E-state index contributed by atoms with van der Waals surface area (Å²) >= 11 is 0. The van der Waals surface area contributed by atoms with Crippen molar-refractivity contribution in [3.63, 3.8) is 0 Å². The molecule has 0 radical (unpaired) electrons. The Hall–Kier alpha value is -1.10. The standard InChI is InChI=1S/C12H21NO4/c1-17-9-10-8-11(14)13(10)7-5-3-2-4-6-12(15)16/h10H,2-9H2,1H3,(H,15,16)/t10-/m1/s1. The number of amides is 1. The second-order valence-electron chi connectivity index (χ2n) is 4.46. The topological polar surface area (TPSA) is 66.8 Å². The van der Waals surface area contributed by atoms with E-state index in [9.17, 15) is 9.59 Å². The summed E-state index contributed by atoms with van der Waals surface area (Å²) < 4.78 is 5.04. The van der Waals surface area contributed by atoms with Gasteiger partial charge in [0.2, 0.25) is 5.91 Å². The summed E-state index contributed by atoms with van der Waals surface area (Å²) in [6, 6.07) is 0.256. The summed E-state index contributed by atoms with van der Waals surface area (Å²) in [6.45, 7) is 1.39. The van der Waals surface area contributed by atoms with Crippen molar-refractivity contribution in [2.75, 3.05) is 20.3 Å². The molecular weight excluding hydrogens is 222 g/mol. The number of hydrogen-bond donors (Lipinski definition) is 1. The monoisotopic (exact) mass is 243 g/mol. The molecule has 0 spiro atoms. The van der Waals surface area contributed by atoms with E-state index in [-0.39, 0.29) is 18.4 Å². The summed E-state index contributed by atoms with van der Waals surface area (Å²) in [4.78, 5) is 23.5. The van der Waals surface area contributed by atoms with Gasteiger partial charge in [-0.2, -0.15) is 0 Å². The molecule has 1 amide bonds. The van der Waals surface area contributed by atoms with E-state index in [4.69, 9.17) is 9.84 Å². The number of carboxylic acids is 1. The van der Waals surface area contributed by atoms with Gasteiger partial charge in [0, 0.05) is 26.5 Å². The lowest BCUT2D eigenvalue weighted by molar-refractivity contribution is -0.148. The lowest BCUT2D eigenvalue weighted by Gasteiger charge is -2.40. The van der Waals surface area contributed by atoms with Crippen LogP contribution in [0.4, 0.5) is 0 Å². The van der Waals surface area contributed by atoms with Crippen molar-refractivity contribution in [1.82, 2.24) is 4.90 Å². The number of rotatable bonds is 9. The molecule has 0 bridgehead atoms. The summed E-state index contributed by atoms with van der Waals surface area (Å²) in [5.41, 5.74) is 0. The molecule has 0 aromatic rings. The van der Waals surface area contributed by atoms with E-state index < -0.39 is 5.97 Å². The summed E-state index contributed by atoms with van der Waals surface area (Å²) in [5, 5.41) is 8.47. The van der Waals surface area contributed by atoms with Gasteiger partial charge in [0.05, 0.1) is 12.6 Å². The van der Waals surface area contributed by atoms with Crippen molar-refractivity contribution < 1.29 is 19.4 Å². The number of β-lactam (4-membered cyclic amide) rings is 1. The Morgan fingerprint density at radius 2 is 2.12 bits per heavy atom. The van der Waals surface area contributed by atoms with Crippen LogP contribution in [-0.2, 0) is 14.3 Å². The number of hydrogen-bond acceptors (Lipinski definition) is 3. The van der Waals surface area contributed by atoms with Crippen LogP contribution in [0.5, 0.6) is 0 Å². The molecule has 98 valence electrons. The van der Waals surface area contributed by atoms with Crippen molar-refractivity contribution in [3.05, 3.63) is 0 Å². The quantitative estimate of drug-likeness (QED) is 0.489. The number of ether oxygens (including phenoxy) is 1. The van der Waals surface area contributed by atoms with Crippen molar-refractivity contribution in [2.24, 2.45) is 0 Å². The van der Waals surface area contributed by atoms with Gasteiger partial charge in [-0.15, -0.1) is 0 Å². The molecule has 1 aliphatic heterocycles. The predicted octanol–water partition coefficient (Wildman–Crippen LogP) is 1.27. The molecule has 1 rings (SSSR count). The molecule has 0 saturated carbocycles. The Morgan fingerprint density at radius 3 is 2.71 bits per heavy atom. The Morgan fingerprint density at radius 1 is 1.41 bits per heavy atom. The first kappa shape index (κ1) is 14.0. The molecule has 1 N–H and O–H groups in total. The smallest absolute Gasteiger partial charge is 0.303 e. The zero-order chi connectivity index (χ0) is 12.7. The van der Waals surface area contributed by atoms with E-state index in [0.717, 1.165) is 32.2 Å². The SMILES string of the molecule is COC[C@H]1CC(=O)N1CCCCCCC(=O)O. The fourth-order valence-electron chi connectivity index (χ4n) is 2.08. The predicted molar refractivity (Wildman–Crippen MR) is 62.7 cm³/mol. The van der Waals surface area contributed by atoms with Crippen LogP contribution in [0.1, 0.15) is 38.5 Å². The minimum absolute atomic E-state index is 0.206. The largest absolute Gasteiger partial charge is 0.481 e. The molecule has 0 aromatic heterocycles. The highest BCUT2D eigenvalue weighted by Gasteiger charge is 2.34. The number of carbonyl (C=O) groups is 2. The molecule has 1 atom stereocenters. The van der Waals surface area contributed by atoms with E-state index in [2.05, 4.69) is 0 Å². The minimum Gasteiger partial charge on any atom is -0.481 e. The van der Waals surface area contributed by atoms with Crippen LogP contribution in [0.3, 0.4) is 0 Å². The molecule has 1 heterocycles. The number of aliphatic carboxylic acids is 1. The number of unbranched alkanes of at least 4 members (excludes halogenated alkanes) is 3. The van der Waals surface area contributed by atoms with E-state index >= 15 is 0 Å². The van der Waals surface area contributed by atoms with Gasteiger partial charge in [0.1, 0.15) is 0 Å². The lowest BCUT2D eigenvalue weighted by Crippen LogP contribution is -2.54. The van der Waals surface area contributed by atoms with Gasteiger partial charge in [-0.3, -0.25) is 9.59 Å². The van der Waals surface area contributed by atoms with Gasteiger partial charge in [0.15, 0.2) is 0 Å². The van der Waals surface area contributed by atoms with Crippen LogP contribution in [0.25, 0.3) is 0 Å². The average molecular weight is 243 g/mol. The first-order valence-electron chi connectivity index (χ1n) is 6.15. The lowest BCUT2D eigenvalue weighted by atomic mass is 10.0. The maximum Gasteiger partial charge on any atom is 0.303 e. The molecule has 0 unspecified atom stereocenters. The Bertz CT molecular complexity index is 267.